The van der Waals surface area contributed by atoms with Crippen molar-refractivity contribution in [1.82, 2.24) is 4.72 Å². The van der Waals surface area contributed by atoms with Gasteiger partial charge in [-0.05, 0) is 35.0 Å². The smallest absolute Gasteiger partial charge is 0.321 e. The van der Waals surface area contributed by atoms with E-state index in [9.17, 15) is 13.2 Å². The van der Waals surface area contributed by atoms with Crippen LogP contribution in [-0.2, 0) is 14.8 Å². The molecule has 1 aromatic rings. The topological polar surface area (TPSA) is 92.7 Å². The summed E-state index contributed by atoms with van der Waals surface area (Å²) in [5.74, 6) is -0.900. The molecule has 0 aliphatic rings. The fourth-order valence-corrected chi connectivity index (χ4v) is 2.78. The van der Waals surface area contributed by atoms with E-state index in [1.54, 1.807) is 0 Å². The first kappa shape index (κ1) is 14.9. The Bertz CT molecular complexity index is 557. The number of carboxylic acids is 1. The first-order valence-corrected chi connectivity index (χ1v) is 7.14. The van der Waals surface area contributed by atoms with E-state index >= 15 is 0 Å². The number of hydrogen-bond acceptors (Lipinski definition) is 4. The molecule has 8 heteroatoms. The quantitative estimate of drug-likeness (QED) is 0.842. The molecule has 0 radical (unpaired) electrons. The average molecular weight is 338 g/mol. The molecule has 1 aromatic carbocycles. The van der Waals surface area contributed by atoms with Crippen molar-refractivity contribution in [2.45, 2.75) is 17.9 Å². The summed E-state index contributed by atoms with van der Waals surface area (Å²) < 4.78 is 31.4. The van der Waals surface area contributed by atoms with Crippen LogP contribution in [0, 0.1) is 0 Å². The Kier molecular flexibility index (Phi) is 4.71. The lowest BCUT2D eigenvalue weighted by molar-refractivity contribution is -0.138. The molecule has 2 N–H and O–H groups in total. The molecule has 0 saturated heterocycles. The van der Waals surface area contributed by atoms with E-state index in [0.717, 1.165) is 0 Å². The first-order chi connectivity index (χ1) is 8.27. The summed E-state index contributed by atoms with van der Waals surface area (Å²) in [4.78, 5) is 10.6. The number of carboxylic acid groups (broad SMARTS) is 1. The van der Waals surface area contributed by atoms with E-state index in [1.807, 2.05) is 4.72 Å². The number of aliphatic carboxylic acids is 1. The van der Waals surface area contributed by atoms with Gasteiger partial charge in [0.25, 0.3) is 0 Å². The molecule has 100 valence electrons. The van der Waals surface area contributed by atoms with Gasteiger partial charge in [0.1, 0.15) is 11.8 Å². The maximum Gasteiger partial charge on any atom is 0.321 e. The average Bonchev–Trinajstić information content (AvgIpc) is 2.28. The zero-order chi connectivity index (χ0) is 13.9. The second-order valence-electron chi connectivity index (χ2n) is 3.48. The van der Waals surface area contributed by atoms with Crippen LogP contribution in [0.25, 0.3) is 0 Å². The van der Waals surface area contributed by atoms with Crippen molar-refractivity contribution in [2.75, 3.05) is 7.11 Å². The molecule has 1 rings (SSSR count). The van der Waals surface area contributed by atoms with Gasteiger partial charge in [-0.3, -0.25) is 4.79 Å². The van der Waals surface area contributed by atoms with Gasteiger partial charge < -0.3 is 9.84 Å². The van der Waals surface area contributed by atoms with Gasteiger partial charge in [-0.25, -0.2) is 8.42 Å². The SMILES string of the molecule is COc1cc(S(=O)(=O)N[C@H](C)C(=O)O)ccc1Br. The van der Waals surface area contributed by atoms with Crippen LogP contribution in [0.3, 0.4) is 0 Å². The van der Waals surface area contributed by atoms with E-state index in [0.29, 0.717) is 10.2 Å². The van der Waals surface area contributed by atoms with E-state index in [1.165, 1.54) is 32.2 Å². The van der Waals surface area contributed by atoms with Crippen molar-refractivity contribution in [3.05, 3.63) is 22.7 Å². The van der Waals surface area contributed by atoms with Crippen molar-refractivity contribution in [3.63, 3.8) is 0 Å². The molecular weight excluding hydrogens is 326 g/mol. The van der Waals surface area contributed by atoms with Gasteiger partial charge in [0.2, 0.25) is 10.0 Å². The van der Waals surface area contributed by atoms with Crippen LogP contribution in [0.5, 0.6) is 5.75 Å². The summed E-state index contributed by atoms with van der Waals surface area (Å²) in [5.41, 5.74) is 0. The number of ether oxygens (including phenoxy) is 1. The highest BCUT2D eigenvalue weighted by atomic mass is 79.9. The number of hydrogen-bond donors (Lipinski definition) is 2. The standard InChI is InChI=1S/C10H12BrNO5S/c1-6(10(13)14)12-18(15,16)7-3-4-8(11)9(5-7)17-2/h3-6,12H,1-2H3,(H,13,14)/t6-/m1/s1. The van der Waals surface area contributed by atoms with Gasteiger partial charge >= 0.3 is 5.97 Å². The Morgan fingerprint density at radius 2 is 2.11 bits per heavy atom. The minimum Gasteiger partial charge on any atom is -0.496 e. The summed E-state index contributed by atoms with van der Waals surface area (Å²) in [6.45, 7) is 1.25. The van der Waals surface area contributed by atoms with Gasteiger partial charge in [0.15, 0.2) is 0 Å². The minimum atomic E-state index is -3.89. The number of benzene rings is 1. The molecule has 0 amide bonds. The molecule has 0 heterocycles. The second-order valence-corrected chi connectivity index (χ2v) is 6.05. The molecule has 0 aromatic heterocycles. The largest absolute Gasteiger partial charge is 0.496 e. The van der Waals surface area contributed by atoms with Crippen molar-refractivity contribution in [1.29, 1.82) is 0 Å². The highest BCUT2D eigenvalue weighted by Gasteiger charge is 2.22. The zero-order valence-corrected chi connectivity index (χ0v) is 12.1. The predicted molar refractivity (Wildman–Crippen MR) is 68.1 cm³/mol. The highest BCUT2D eigenvalue weighted by molar-refractivity contribution is 9.10. The van der Waals surface area contributed by atoms with Crippen LogP contribution in [0.15, 0.2) is 27.6 Å². The van der Waals surface area contributed by atoms with Gasteiger partial charge in [-0.2, -0.15) is 4.72 Å². The molecular formula is C10H12BrNO5S. The summed E-state index contributed by atoms with van der Waals surface area (Å²) in [7, 11) is -2.48. The van der Waals surface area contributed by atoms with Crippen molar-refractivity contribution in [2.24, 2.45) is 0 Å². The molecule has 0 unspecified atom stereocenters. The minimum absolute atomic E-state index is 0.0596. The number of carbonyl (C=O) groups is 1. The third-order valence-corrected chi connectivity index (χ3v) is 4.33. The molecule has 1 atom stereocenters. The monoisotopic (exact) mass is 337 g/mol. The number of methoxy groups -OCH3 is 1. The fraction of sp³-hybridized carbons (Fsp3) is 0.300. The van der Waals surface area contributed by atoms with Crippen LogP contribution < -0.4 is 9.46 Å². The number of halogens is 1. The maximum absolute atomic E-state index is 11.9. The van der Waals surface area contributed by atoms with E-state index in [4.69, 9.17) is 9.84 Å². The van der Waals surface area contributed by atoms with Crippen molar-refractivity contribution in [3.8, 4) is 5.75 Å². The maximum atomic E-state index is 11.9. The summed E-state index contributed by atoms with van der Waals surface area (Å²) in [6.07, 6.45) is 0. The summed E-state index contributed by atoms with van der Waals surface area (Å²) >= 11 is 3.20. The summed E-state index contributed by atoms with van der Waals surface area (Å²) in [5, 5.41) is 8.68. The van der Waals surface area contributed by atoms with E-state index in [-0.39, 0.29) is 4.90 Å². The third-order valence-electron chi connectivity index (χ3n) is 2.14. The number of sulfonamides is 1. The normalized spacial score (nSPS) is 13.1. The highest BCUT2D eigenvalue weighted by Crippen LogP contribution is 2.27. The Hall–Kier alpha value is -1.12. The van der Waals surface area contributed by atoms with Crippen LogP contribution in [0.4, 0.5) is 0 Å². The lowest BCUT2D eigenvalue weighted by atomic mass is 10.3. The Morgan fingerprint density at radius 1 is 1.50 bits per heavy atom. The van der Waals surface area contributed by atoms with Crippen LogP contribution >= 0.6 is 15.9 Å². The first-order valence-electron chi connectivity index (χ1n) is 4.86. The predicted octanol–water partition coefficient (Wildman–Crippen LogP) is 1.21. The number of nitrogens with one attached hydrogen (secondary N) is 1. The van der Waals surface area contributed by atoms with Crippen molar-refractivity contribution < 1.29 is 23.1 Å². The molecule has 6 nitrogen and oxygen atoms in total. The van der Waals surface area contributed by atoms with Crippen LogP contribution in [-0.4, -0.2) is 32.6 Å². The summed E-state index contributed by atoms with van der Waals surface area (Å²) in [6, 6.07) is 2.97. The molecule has 0 aliphatic heterocycles. The molecule has 0 fully saturated rings. The molecule has 0 saturated carbocycles. The number of rotatable bonds is 5. The lowest BCUT2D eigenvalue weighted by Crippen LogP contribution is -2.38. The van der Waals surface area contributed by atoms with Gasteiger partial charge in [-0.1, -0.05) is 0 Å². The Balaban J connectivity index is 3.09. The molecule has 18 heavy (non-hydrogen) atoms. The Labute approximate surface area is 113 Å². The third kappa shape index (κ3) is 3.44. The van der Waals surface area contributed by atoms with Crippen LogP contribution in [0.1, 0.15) is 6.92 Å². The molecule has 0 spiro atoms. The van der Waals surface area contributed by atoms with Gasteiger partial charge in [-0.15, -0.1) is 0 Å². The Morgan fingerprint density at radius 3 is 2.61 bits per heavy atom. The van der Waals surface area contributed by atoms with Crippen LogP contribution in [0.2, 0.25) is 0 Å². The van der Waals surface area contributed by atoms with E-state index in [2.05, 4.69) is 15.9 Å². The second kappa shape index (κ2) is 5.68. The van der Waals surface area contributed by atoms with E-state index < -0.39 is 22.0 Å². The fourth-order valence-electron chi connectivity index (χ4n) is 1.16. The van der Waals surface area contributed by atoms with Crippen molar-refractivity contribution >= 4 is 31.9 Å². The lowest BCUT2D eigenvalue weighted by Gasteiger charge is -2.11. The van der Waals surface area contributed by atoms with Gasteiger partial charge in [0.05, 0.1) is 16.5 Å². The van der Waals surface area contributed by atoms with Gasteiger partial charge in [0, 0.05) is 6.07 Å². The molecule has 0 aliphatic carbocycles. The molecule has 0 bridgehead atoms. The zero-order valence-electron chi connectivity index (χ0n) is 9.68.